The van der Waals surface area contributed by atoms with Gasteiger partial charge < -0.3 is 19.5 Å². The molecule has 0 aliphatic heterocycles. The number of likely N-dealkylation sites (N-methyl/N-ethyl adjacent to an activating group) is 1. The highest BCUT2D eigenvalue weighted by Gasteiger charge is 2.32. The smallest absolute Gasteiger partial charge is 0.293 e. The lowest BCUT2D eigenvalue weighted by atomic mass is 10.0. The highest BCUT2D eigenvalue weighted by Crippen LogP contribution is 2.26. The lowest BCUT2D eigenvalue weighted by Crippen LogP contribution is -2.39. The lowest BCUT2D eigenvalue weighted by molar-refractivity contribution is -0.120. The zero-order valence-electron chi connectivity index (χ0n) is 20.8. The van der Waals surface area contributed by atoms with Gasteiger partial charge in [0.25, 0.3) is 17.4 Å². The van der Waals surface area contributed by atoms with E-state index in [4.69, 9.17) is 9.26 Å². The van der Waals surface area contributed by atoms with E-state index >= 15 is 0 Å². The third-order valence-corrected chi connectivity index (χ3v) is 7.63. The highest BCUT2D eigenvalue weighted by atomic mass is 28.3. The van der Waals surface area contributed by atoms with Gasteiger partial charge in [0, 0.05) is 13.5 Å². The fourth-order valence-electron chi connectivity index (χ4n) is 3.53. The summed E-state index contributed by atoms with van der Waals surface area (Å²) in [6, 6.07) is 10.2. The average molecular weight is 536 g/mol. The van der Waals surface area contributed by atoms with E-state index in [9.17, 15) is 27.6 Å². The molecule has 0 saturated heterocycles. The number of carbonyl (C=O) groups is 2. The van der Waals surface area contributed by atoms with Crippen LogP contribution >= 0.6 is 0 Å². The van der Waals surface area contributed by atoms with Gasteiger partial charge in [-0.1, -0.05) is 43.0 Å². The van der Waals surface area contributed by atoms with E-state index in [2.05, 4.69) is 25.0 Å². The first-order chi connectivity index (χ1) is 17.4. The molecule has 3 rings (SSSR count). The minimum absolute atomic E-state index is 0.0574. The Morgan fingerprint density at radius 2 is 1.78 bits per heavy atom. The molecule has 2 N–H and O–H groups in total. The van der Waals surface area contributed by atoms with E-state index in [0.717, 1.165) is 16.2 Å². The van der Waals surface area contributed by atoms with Gasteiger partial charge in [-0.3, -0.25) is 14.4 Å². The van der Waals surface area contributed by atoms with Crippen molar-refractivity contribution in [1.82, 2.24) is 10.1 Å². The number of amides is 2. The molecule has 37 heavy (non-hydrogen) atoms. The molecule has 0 radical (unpaired) electrons. The molecule has 12 heteroatoms. The Kier molecular flexibility index (Phi) is 8.63. The van der Waals surface area contributed by atoms with Gasteiger partial charge >= 0.3 is 0 Å². The summed E-state index contributed by atoms with van der Waals surface area (Å²) in [6.45, 7) is 6.00. The number of hydrogen-bond donors (Lipinski definition) is 2. The van der Waals surface area contributed by atoms with E-state index in [1.165, 1.54) is 43.4 Å². The fourth-order valence-corrected chi connectivity index (χ4v) is 4.67. The van der Waals surface area contributed by atoms with Crippen molar-refractivity contribution in [2.75, 3.05) is 19.0 Å². The molecule has 0 spiro atoms. The minimum atomic E-state index is -2.50. The van der Waals surface area contributed by atoms with Gasteiger partial charge in [0.2, 0.25) is 12.2 Å². The van der Waals surface area contributed by atoms with E-state index in [1.54, 1.807) is 6.07 Å². The molecular weight excluding hydrogens is 507 g/mol. The molecule has 1 aromatic heterocycles. The molecule has 2 amide bonds. The van der Waals surface area contributed by atoms with Crippen LogP contribution in [0.25, 0.3) is 0 Å². The number of aromatic amines is 1. The maximum atomic E-state index is 14.9. The van der Waals surface area contributed by atoms with Crippen LogP contribution in [-0.4, -0.2) is 50.0 Å². The Hall–Kier alpha value is -3.80. The Balaban J connectivity index is 1.90. The molecule has 2 aromatic carbocycles. The number of ether oxygens (including phenoxy) is 1. The SMILES string of the molecule is CN(C(=O)c1cc(=O)[nH]o1)C(C(=O)Nc1ccc([Si](C)(C)C)cc1F)c1ccc(OCCC(F)F)cc1. The zero-order chi connectivity index (χ0) is 27.3. The summed E-state index contributed by atoms with van der Waals surface area (Å²) in [7, 11) is -0.459. The van der Waals surface area contributed by atoms with Crippen molar-refractivity contribution in [2.24, 2.45) is 0 Å². The topological polar surface area (TPSA) is 105 Å². The number of alkyl halides is 2. The molecule has 0 aliphatic carbocycles. The first-order valence-electron chi connectivity index (χ1n) is 11.4. The van der Waals surface area contributed by atoms with Crippen molar-refractivity contribution in [2.45, 2.75) is 38.5 Å². The number of carbonyl (C=O) groups excluding carboxylic acids is 2. The van der Waals surface area contributed by atoms with Crippen molar-refractivity contribution in [3.05, 3.63) is 76.0 Å². The standard InChI is InChI=1S/C25H28F3N3O5Si/c1-31(25(34)20-14-22(32)30-36-20)23(15-5-7-16(8-6-15)35-12-11-21(27)28)24(33)29-19-10-9-17(13-18(19)26)37(2,3)4/h5-10,13-14,21,23H,11-12H2,1-4H3,(H,29,33)(H,30,32). The van der Waals surface area contributed by atoms with Crippen molar-refractivity contribution < 1.29 is 32.0 Å². The number of halogens is 3. The number of nitrogens with one attached hydrogen (secondary N) is 2. The Morgan fingerprint density at radius 1 is 1.11 bits per heavy atom. The average Bonchev–Trinajstić information content (AvgIpc) is 3.26. The monoisotopic (exact) mass is 535 g/mol. The minimum Gasteiger partial charge on any atom is -0.493 e. The number of rotatable bonds is 10. The largest absolute Gasteiger partial charge is 0.493 e. The fraction of sp³-hybridized carbons (Fsp3) is 0.320. The molecule has 1 unspecified atom stereocenters. The van der Waals surface area contributed by atoms with Crippen LogP contribution in [-0.2, 0) is 4.79 Å². The van der Waals surface area contributed by atoms with Gasteiger partial charge in [-0.15, -0.1) is 0 Å². The molecule has 0 bridgehead atoms. The number of benzene rings is 2. The summed E-state index contributed by atoms with van der Waals surface area (Å²) in [4.78, 5) is 38.8. The molecule has 8 nitrogen and oxygen atoms in total. The predicted octanol–water partition coefficient (Wildman–Crippen LogP) is 4.14. The number of aromatic nitrogens is 1. The van der Waals surface area contributed by atoms with Crippen LogP contribution in [0.5, 0.6) is 5.75 Å². The van der Waals surface area contributed by atoms with Gasteiger partial charge in [-0.25, -0.2) is 13.2 Å². The van der Waals surface area contributed by atoms with Crippen LogP contribution < -0.4 is 20.8 Å². The van der Waals surface area contributed by atoms with Gasteiger partial charge in [0.1, 0.15) is 17.6 Å². The number of H-pyrrole nitrogens is 1. The van der Waals surface area contributed by atoms with Crippen LogP contribution in [0.2, 0.25) is 19.6 Å². The van der Waals surface area contributed by atoms with Crippen LogP contribution in [0.15, 0.2) is 57.8 Å². The first kappa shape index (κ1) is 27.8. The Morgan fingerprint density at radius 3 is 2.32 bits per heavy atom. The third kappa shape index (κ3) is 7.12. The van der Waals surface area contributed by atoms with Gasteiger partial charge in [0.15, 0.2) is 0 Å². The Labute approximate surface area is 212 Å². The van der Waals surface area contributed by atoms with Crippen LogP contribution in [0.3, 0.4) is 0 Å². The summed E-state index contributed by atoms with van der Waals surface area (Å²) in [5, 5.41) is 5.42. The maximum absolute atomic E-state index is 14.9. The van der Waals surface area contributed by atoms with Gasteiger partial charge in [0.05, 0.1) is 26.4 Å². The van der Waals surface area contributed by atoms with Crippen LogP contribution in [0.1, 0.15) is 28.6 Å². The predicted molar refractivity (Wildman–Crippen MR) is 135 cm³/mol. The van der Waals surface area contributed by atoms with Crippen molar-refractivity contribution in [3.63, 3.8) is 0 Å². The van der Waals surface area contributed by atoms with Crippen LogP contribution in [0, 0.1) is 5.82 Å². The van der Waals surface area contributed by atoms with E-state index in [-0.39, 0.29) is 18.1 Å². The van der Waals surface area contributed by atoms with Gasteiger partial charge in [-0.2, -0.15) is 5.16 Å². The van der Waals surface area contributed by atoms with E-state index < -0.39 is 50.2 Å². The highest BCUT2D eigenvalue weighted by molar-refractivity contribution is 6.88. The molecule has 0 saturated carbocycles. The van der Waals surface area contributed by atoms with Gasteiger partial charge in [-0.05, 0) is 29.8 Å². The maximum Gasteiger partial charge on any atom is 0.293 e. The van der Waals surface area contributed by atoms with Crippen molar-refractivity contribution in [1.29, 1.82) is 0 Å². The van der Waals surface area contributed by atoms with Crippen LogP contribution in [0.4, 0.5) is 18.9 Å². The first-order valence-corrected chi connectivity index (χ1v) is 14.9. The summed E-state index contributed by atoms with van der Waals surface area (Å²) in [5.41, 5.74) is -0.364. The molecular formula is C25H28F3N3O5Si. The van der Waals surface area contributed by atoms with Crippen molar-refractivity contribution in [3.8, 4) is 5.75 Å². The Bertz CT molecular complexity index is 1300. The molecule has 1 atom stereocenters. The third-order valence-electron chi connectivity index (χ3n) is 5.58. The molecule has 1 heterocycles. The number of nitrogens with zero attached hydrogens (tertiary/aromatic N) is 1. The number of anilines is 1. The molecule has 3 aromatic rings. The van der Waals surface area contributed by atoms with Crippen molar-refractivity contribution >= 4 is 30.8 Å². The number of hydrogen-bond acceptors (Lipinski definition) is 5. The summed E-state index contributed by atoms with van der Waals surface area (Å²) < 4.78 is 49.8. The summed E-state index contributed by atoms with van der Waals surface area (Å²) >= 11 is 0. The summed E-state index contributed by atoms with van der Waals surface area (Å²) in [5.74, 6) is -2.13. The van der Waals surface area contributed by atoms with E-state index in [1.807, 2.05) is 5.16 Å². The lowest BCUT2D eigenvalue weighted by Gasteiger charge is -2.27. The molecule has 0 aliphatic rings. The molecule has 198 valence electrons. The van der Waals surface area contributed by atoms with E-state index in [0.29, 0.717) is 11.3 Å². The zero-order valence-corrected chi connectivity index (χ0v) is 21.8. The second-order valence-corrected chi connectivity index (χ2v) is 14.5. The summed E-state index contributed by atoms with van der Waals surface area (Å²) in [6.07, 6.45) is -2.94. The molecule has 0 fully saturated rings. The second-order valence-electron chi connectivity index (χ2n) is 9.43. The normalized spacial score (nSPS) is 12.3. The quantitative estimate of drug-likeness (QED) is 0.380. The second kappa shape index (κ2) is 11.5.